The first-order valence-electron chi connectivity index (χ1n) is 7.42. The molecule has 0 saturated carbocycles. The standard InChI is InChI=1S/C15H20N6O/c1-19(2)13-6-3-5-12(9-13)14-7-4-8-21(14)15(22)10-20-11-16-17-18-20/h3,5-6,9,11,14H,4,7-8,10H2,1-2H3/t14-/m0/s1. The molecule has 1 aliphatic heterocycles. The molecule has 1 amide bonds. The minimum absolute atomic E-state index is 0.0602. The number of likely N-dealkylation sites (tertiary alicyclic amines) is 1. The van der Waals surface area contributed by atoms with Crippen molar-refractivity contribution in [2.24, 2.45) is 0 Å². The zero-order valence-corrected chi connectivity index (χ0v) is 12.9. The molecular formula is C15H20N6O. The number of amides is 1. The topological polar surface area (TPSA) is 67.2 Å². The van der Waals surface area contributed by atoms with Crippen LogP contribution in [0, 0.1) is 0 Å². The van der Waals surface area contributed by atoms with Crippen LogP contribution in [0.2, 0.25) is 0 Å². The van der Waals surface area contributed by atoms with Gasteiger partial charge in [-0.15, -0.1) is 5.10 Å². The summed E-state index contributed by atoms with van der Waals surface area (Å²) in [5.74, 6) is 0.0602. The first kappa shape index (κ1) is 14.5. The first-order valence-corrected chi connectivity index (χ1v) is 7.42. The maximum Gasteiger partial charge on any atom is 0.244 e. The van der Waals surface area contributed by atoms with Crippen LogP contribution in [0.25, 0.3) is 0 Å². The Kier molecular flexibility index (Phi) is 4.04. The molecule has 1 aromatic heterocycles. The van der Waals surface area contributed by atoms with Crippen LogP contribution in [0.4, 0.5) is 5.69 Å². The van der Waals surface area contributed by atoms with E-state index in [2.05, 4.69) is 38.6 Å². The molecule has 0 unspecified atom stereocenters. The summed E-state index contributed by atoms with van der Waals surface area (Å²) in [6.07, 6.45) is 3.49. The zero-order valence-electron chi connectivity index (χ0n) is 12.9. The van der Waals surface area contributed by atoms with Crippen molar-refractivity contribution in [2.45, 2.75) is 25.4 Å². The van der Waals surface area contributed by atoms with E-state index in [1.165, 1.54) is 16.6 Å². The van der Waals surface area contributed by atoms with Crippen molar-refractivity contribution in [3.8, 4) is 0 Å². The van der Waals surface area contributed by atoms with Crippen LogP contribution in [-0.4, -0.2) is 51.7 Å². The Morgan fingerprint density at radius 1 is 1.41 bits per heavy atom. The Hall–Kier alpha value is -2.44. The Morgan fingerprint density at radius 3 is 3.00 bits per heavy atom. The van der Waals surface area contributed by atoms with Crippen molar-refractivity contribution >= 4 is 11.6 Å². The quantitative estimate of drug-likeness (QED) is 0.846. The van der Waals surface area contributed by atoms with Crippen LogP contribution in [0.5, 0.6) is 0 Å². The lowest BCUT2D eigenvalue weighted by Gasteiger charge is -2.26. The van der Waals surface area contributed by atoms with E-state index in [9.17, 15) is 4.79 Å². The molecule has 22 heavy (non-hydrogen) atoms. The molecule has 2 heterocycles. The van der Waals surface area contributed by atoms with Gasteiger partial charge in [0.15, 0.2) is 0 Å². The molecule has 2 aromatic rings. The van der Waals surface area contributed by atoms with Gasteiger partial charge < -0.3 is 9.80 Å². The van der Waals surface area contributed by atoms with Gasteiger partial charge in [-0.3, -0.25) is 4.79 Å². The van der Waals surface area contributed by atoms with Gasteiger partial charge in [0.05, 0.1) is 6.04 Å². The molecule has 0 N–H and O–H groups in total. The normalized spacial score (nSPS) is 17.7. The minimum atomic E-state index is 0.0602. The second-order valence-corrected chi connectivity index (χ2v) is 5.74. The second-order valence-electron chi connectivity index (χ2n) is 5.74. The van der Waals surface area contributed by atoms with Gasteiger partial charge in [-0.2, -0.15) is 0 Å². The van der Waals surface area contributed by atoms with Gasteiger partial charge in [-0.25, -0.2) is 4.68 Å². The minimum Gasteiger partial charge on any atom is -0.378 e. The average Bonchev–Trinajstić information content (AvgIpc) is 3.18. The van der Waals surface area contributed by atoms with E-state index in [1.54, 1.807) is 0 Å². The van der Waals surface area contributed by atoms with Crippen molar-refractivity contribution in [1.29, 1.82) is 0 Å². The summed E-state index contributed by atoms with van der Waals surface area (Å²) >= 11 is 0. The highest BCUT2D eigenvalue weighted by molar-refractivity contribution is 5.76. The Labute approximate surface area is 129 Å². The van der Waals surface area contributed by atoms with E-state index in [0.717, 1.165) is 25.1 Å². The number of rotatable bonds is 4. The summed E-state index contributed by atoms with van der Waals surface area (Å²) < 4.78 is 1.47. The van der Waals surface area contributed by atoms with Crippen molar-refractivity contribution in [1.82, 2.24) is 25.1 Å². The third-order valence-corrected chi connectivity index (χ3v) is 4.03. The molecular weight excluding hydrogens is 280 g/mol. The lowest BCUT2D eigenvalue weighted by molar-refractivity contribution is -0.133. The number of hydrogen-bond acceptors (Lipinski definition) is 5. The van der Waals surface area contributed by atoms with E-state index < -0.39 is 0 Å². The summed E-state index contributed by atoms with van der Waals surface area (Å²) in [6, 6.07) is 8.52. The van der Waals surface area contributed by atoms with Gasteiger partial charge in [-0.05, 0) is 41.0 Å². The van der Waals surface area contributed by atoms with Crippen LogP contribution < -0.4 is 4.90 Å². The van der Waals surface area contributed by atoms with Crippen molar-refractivity contribution in [2.75, 3.05) is 25.5 Å². The SMILES string of the molecule is CN(C)c1cccc([C@@H]2CCCN2C(=O)Cn2cnnn2)c1. The van der Waals surface area contributed by atoms with Crippen LogP contribution in [0.15, 0.2) is 30.6 Å². The maximum atomic E-state index is 12.5. The highest BCUT2D eigenvalue weighted by Crippen LogP contribution is 2.33. The monoisotopic (exact) mass is 300 g/mol. The van der Waals surface area contributed by atoms with Crippen molar-refractivity contribution in [3.63, 3.8) is 0 Å². The lowest BCUT2D eigenvalue weighted by Crippen LogP contribution is -2.33. The molecule has 1 aliphatic rings. The smallest absolute Gasteiger partial charge is 0.244 e. The van der Waals surface area contributed by atoms with Gasteiger partial charge in [0.25, 0.3) is 0 Å². The predicted molar refractivity (Wildman–Crippen MR) is 82.3 cm³/mol. The zero-order chi connectivity index (χ0) is 15.5. The molecule has 0 bridgehead atoms. The van der Waals surface area contributed by atoms with E-state index >= 15 is 0 Å². The Bertz CT molecular complexity index is 639. The molecule has 7 nitrogen and oxygen atoms in total. The van der Waals surface area contributed by atoms with E-state index in [1.807, 2.05) is 25.1 Å². The van der Waals surface area contributed by atoms with E-state index in [4.69, 9.17) is 0 Å². The van der Waals surface area contributed by atoms with E-state index in [0.29, 0.717) is 0 Å². The Morgan fingerprint density at radius 2 is 2.27 bits per heavy atom. The highest BCUT2D eigenvalue weighted by atomic mass is 16.2. The molecule has 1 aromatic carbocycles. The molecule has 3 rings (SSSR count). The fourth-order valence-electron chi connectivity index (χ4n) is 2.90. The largest absolute Gasteiger partial charge is 0.378 e. The number of tetrazole rings is 1. The third-order valence-electron chi connectivity index (χ3n) is 4.03. The number of carbonyl (C=O) groups is 1. The summed E-state index contributed by atoms with van der Waals surface area (Å²) in [4.78, 5) is 16.5. The summed E-state index contributed by atoms with van der Waals surface area (Å²) in [6.45, 7) is 0.981. The average molecular weight is 300 g/mol. The Balaban J connectivity index is 1.78. The molecule has 1 saturated heterocycles. The van der Waals surface area contributed by atoms with Crippen LogP contribution in [0.1, 0.15) is 24.4 Å². The first-order chi connectivity index (χ1) is 10.6. The van der Waals surface area contributed by atoms with Gasteiger partial charge in [0.1, 0.15) is 12.9 Å². The number of hydrogen-bond donors (Lipinski definition) is 0. The highest BCUT2D eigenvalue weighted by Gasteiger charge is 2.30. The summed E-state index contributed by atoms with van der Waals surface area (Å²) in [7, 11) is 4.04. The molecule has 7 heteroatoms. The number of benzene rings is 1. The molecule has 1 atom stereocenters. The fraction of sp³-hybridized carbons (Fsp3) is 0.467. The van der Waals surface area contributed by atoms with Crippen LogP contribution >= 0.6 is 0 Å². The fourth-order valence-corrected chi connectivity index (χ4v) is 2.90. The second kappa shape index (κ2) is 6.13. The molecule has 0 aliphatic carbocycles. The lowest BCUT2D eigenvalue weighted by atomic mass is 10.0. The predicted octanol–water partition coefficient (Wildman–Crippen LogP) is 1.10. The van der Waals surface area contributed by atoms with Gasteiger partial charge >= 0.3 is 0 Å². The molecule has 0 radical (unpaired) electrons. The maximum absolute atomic E-state index is 12.5. The molecule has 0 spiro atoms. The van der Waals surface area contributed by atoms with Gasteiger partial charge in [-0.1, -0.05) is 12.1 Å². The summed E-state index contributed by atoms with van der Waals surface area (Å²) in [5.41, 5.74) is 2.34. The van der Waals surface area contributed by atoms with Crippen molar-refractivity contribution < 1.29 is 4.79 Å². The molecule has 1 fully saturated rings. The number of aromatic nitrogens is 4. The van der Waals surface area contributed by atoms with E-state index in [-0.39, 0.29) is 18.5 Å². The van der Waals surface area contributed by atoms with Gasteiger partial charge in [0.2, 0.25) is 5.91 Å². The number of nitrogens with zero attached hydrogens (tertiary/aromatic N) is 6. The van der Waals surface area contributed by atoms with Crippen LogP contribution in [0.3, 0.4) is 0 Å². The summed E-state index contributed by atoms with van der Waals surface area (Å²) in [5, 5.41) is 10.9. The number of carbonyl (C=O) groups excluding carboxylic acids is 1. The van der Waals surface area contributed by atoms with Crippen LogP contribution in [-0.2, 0) is 11.3 Å². The molecule has 116 valence electrons. The number of anilines is 1. The van der Waals surface area contributed by atoms with Gasteiger partial charge in [0, 0.05) is 26.3 Å². The third kappa shape index (κ3) is 2.93. The van der Waals surface area contributed by atoms with Crippen molar-refractivity contribution in [3.05, 3.63) is 36.2 Å².